The van der Waals surface area contributed by atoms with Gasteiger partial charge in [-0.2, -0.15) is 0 Å². The molecule has 0 aromatic rings. The normalized spacial score (nSPS) is 26.1. The van der Waals surface area contributed by atoms with Crippen LogP contribution in [0.25, 0.3) is 0 Å². The molecule has 0 spiro atoms. The van der Waals surface area contributed by atoms with Gasteiger partial charge in [-0.1, -0.05) is 0 Å². The van der Waals surface area contributed by atoms with Gasteiger partial charge in [0.05, 0.1) is 17.0 Å². The quantitative estimate of drug-likeness (QED) is 0.673. The van der Waals surface area contributed by atoms with Gasteiger partial charge in [0.1, 0.15) is 0 Å². The maximum atomic E-state index is 11.5. The third-order valence-corrected chi connectivity index (χ3v) is 5.03. The van der Waals surface area contributed by atoms with Crippen molar-refractivity contribution in [2.24, 2.45) is 0 Å². The highest BCUT2D eigenvalue weighted by molar-refractivity contribution is 7.92. The Labute approximate surface area is 90.5 Å². The molecule has 2 unspecified atom stereocenters. The molecule has 2 N–H and O–H groups in total. The lowest BCUT2D eigenvalue weighted by Gasteiger charge is -2.15. The van der Waals surface area contributed by atoms with Crippen molar-refractivity contribution in [3.05, 3.63) is 0 Å². The fraction of sp³-hybridized carbons (Fsp3) is 0.889. The molecule has 0 aliphatic carbocycles. The molecular formula is C9H18N2O3S. The summed E-state index contributed by atoms with van der Waals surface area (Å²) in [7, 11) is -1.35. The summed E-state index contributed by atoms with van der Waals surface area (Å²) in [5.41, 5.74) is 0. The van der Waals surface area contributed by atoms with E-state index in [-0.39, 0.29) is 23.0 Å². The third-order valence-electron chi connectivity index (χ3n) is 2.75. The van der Waals surface area contributed by atoms with Crippen molar-refractivity contribution in [1.29, 1.82) is 0 Å². The number of carbonyl (C=O) groups excluding carboxylic acids is 1. The number of hydrogen-bond donors (Lipinski definition) is 2. The molecule has 1 amide bonds. The van der Waals surface area contributed by atoms with Crippen LogP contribution in [-0.4, -0.2) is 45.0 Å². The third kappa shape index (κ3) is 3.17. The number of rotatable bonds is 4. The second kappa shape index (κ2) is 4.94. The Balaban J connectivity index is 2.41. The Hall–Kier alpha value is -0.620. The van der Waals surface area contributed by atoms with Crippen LogP contribution in [0.5, 0.6) is 0 Å². The molecule has 0 saturated carbocycles. The average molecular weight is 234 g/mol. The van der Waals surface area contributed by atoms with Gasteiger partial charge in [-0.3, -0.25) is 4.79 Å². The zero-order valence-electron chi connectivity index (χ0n) is 9.12. The molecule has 0 bridgehead atoms. The van der Waals surface area contributed by atoms with Gasteiger partial charge >= 0.3 is 0 Å². The summed E-state index contributed by atoms with van der Waals surface area (Å²) in [6, 6.07) is -0.342. The molecule has 0 aromatic carbocycles. The van der Waals surface area contributed by atoms with E-state index in [1.54, 1.807) is 14.0 Å². The van der Waals surface area contributed by atoms with E-state index < -0.39 is 9.84 Å². The largest absolute Gasteiger partial charge is 0.358 e. The Morgan fingerprint density at radius 1 is 1.53 bits per heavy atom. The zero-order chi connectivity index (χ0) is 11.5. The highest BCUT2D eigenvalue weighted by Gasteiger charge is 2.31. The highest BCUT2D eigenvalue weighted by Crippen LogP contribution is 2.19. The molecule has 6 heteroatoms. The van der Waals surface area contributed by atoms with Crippen molar-refractivity contribution in [3.8, 4) is 0 Å². The van der Waals surface area contributed by atoms with Crippen LogP contribution in [0.3, 0.4) is 0 Å². The Morgan fingerprint density at radius 2 is 2.20 bits per heavy atom. The summed E-state index contributed by atoms with van der Waals surface area (Å²) >= 11 is 0. The van der Waals surface area contributed by atoms with Gasteiger partial charge in [0, 0.05) is 13.6 Å². The predicted octanol–water partition coefficient (Wildman–Crippen LogP) is -0.712. The molecule has 0 radical (unpaired) electrons. The number of hydrogen-bond acceptors (Lipinski definition) is 4. The molecule has 88 valence electrons. The first-order valence-electron chi connectivity index (χ1n) is 5.14. The smallest absolute Gasteiger partial charge is 0.236 e. The molecule has 1 fully saturated rings. The van der Waals surface area contributed by atoms with Crippen LogP contribution in [0.2, 0.25) is 0 Å². The molecule has 1 aliphatic heterocycles. The SMILES string of the molecule is CNC(=O)C(C)NCC1CCCS1(=O)=O. The standard InChI is InChI=1S/C9H18N2O3S/c1-7(9(12)10-2)11-6-8-4-3-5-15(8,13)14/h7-8,11H,3-6H2,1-2H3,(H,10,12). The van der Waals surface area contributed by atoms with Gasteiger partial charge in [-0.05, 0) is 19.8 Å². The maximum absolute atomic E-state index is 11.5. The van der Waals surface area contributed by atoms with Crippen LogP contribution in [-0.2, 0) is 14.6 Å². The molecular weight excluding hydrogens is 216 g/mol. The van der Waals surface area contributed by atoms with E-state index in [9.17, 15) is 13.2 Å². The van der Waals surface area contributed by atoms with E-state index in [0.29, 0.717) is 13.0 Å². The zero-order valence-corrected chi connectivity index (χ0v) is 9.93. The van der Waals surface area contributed by atoms with Crippen LogP contribution >= 0.6 is 0 Å². The minimum Gasteiger partial charge on any atom is -0.358 e. The summed E-state index contributed by atoms with van der Waals surface area (Å²) in [6.07, 6.45) is 1.44. The van der Waals surface area contributed by atoms with E-state index in [4.69, 9.17) is 0 Å². The van der Waals surface area contributed by atoms with Gasteiger partial charge in [0.15, 0.2) is 9.84 Å². The lowest BCUT2D eigenvalue weighted by molar-refractivity contribution is -0.122. The van der Waals surface area contributed by atoms with Gasteiger partial charge < -0.3 is 10.6 Å². The summed E-state index contributed by atoms with van der Waals surface area (Å²) < 4.78 is 22.9. The molecule has 5 nitrogen and oxygen atoms in total. The number of likely N-dealkylation sites (N-methyl/N-ethyl adjacent to an activating group) is 1. The van der Waals surface area contributed by atoms with E-state index >= 15 is 0 Å². The van der Waals surface area contributed by atoms with E-state index in [1.165, 1.54) is 0 Å². The van der Waals surface area contributed by atoms with Crippen molar-refractivity contribution in [1.82, 2.24) is 10.6 Å². The molecule has 2 atom stereocenters. The monoisotopic (exact) mass is 234 g/mol. The van der Waals surface area contributed by atoms with E-state index in [0.717, 1.165) is 6.42 Å². The van der Waals surface area contributed by atoms with Crippen LogP contribution in [0, 0.1) is 0 Å². The number of carbonyl (C=O) groups is 1. The van der Waals surface area contributed by atoms with Crippen LogP contribution in [0.15, 0.2) is 0 Å². The van der Waals surface area contributed by atoms with Crippen LogP contribution < -0.4 is 10.6 Å². The minimum atomic E-state index is -2.91. The topological polar surface area (TPSA) is 75.3 Å². The molecule has 1 rings (SSSR count). The van der Waals surface area contributed by atoms with Crippen molar-refractivity contribution in [2.45, 2.75) is 31.1 Å². The predicted molar refractivity (Wildman–Crippen MR) is 58.3 cm³/mol. The number of amides is 1. The highest BCUT2D eigenvalue weighted by atomic mass is 32.2. The summed E-state index contributed by atoms with van der Waals surface area (Å²) in [4.78, 5) is 11.2. The van der Waals surface area contributed by atoms with E-state index in [1.807, 2.05) is 0 Å². The lowest BCUT2D eigenvalue weighted by Crippen LogP contribution is -2.44. The fourth-order valence-corrected chi connectivity index (χ4v) is 3.48. The van der Waals surface area contributed by atoms with Gasteiger partial charge in [0.25, 0.3) is 0 Å². The summed E-state index contributed by atoms with van der Waals surface area (Å²) in [6.45, 7) is 2.09. The van der Waals surface area contributed by atoms with Crippen molar-refractivity contribution < 1.29 is 13.2 Å². The van der Waals surface area contributed by atoms with Gasteiger partial charge in [0.2, 0.25) is 5.91 Å². The molecule has 1 heterocycles. The van der Waals surface area contributed by atoms with Crippen molar-refractivity contribution in [3.63, 3.8) is 0 Å². The molecule has 0 aromatic heterocycles. The Kier molecular flexibility index (Phi) is 4.10. The van der Waals surface area contributed by atoms with Gasteiger partial charge in [-0.25, -0.2) is 8.42 Å². The average Bonchev–Trinajstić information content (AvgIpc) is 2.53. The maximum Gasteiger partial charge on any atom is 0.236 e. The molecule has 1 aliphatic rings. The first-order chi connectivity index (χ1) is 6.97. The fourth-order valence-electron chi connectivity index (χ4n) is 1.70. The first-order valence-corrected chi connectivity index (χ1v) is 6.85. The second-order valence-electron chi connectivity index (χ2n) is 3.88. The number of nitrogens with one attached hydrogen (secondary N) is 2. The lowest BCUT2D eigenvalue weighted by atomic mass is 10.2. The van der Waals surface area contributed by atoms with Crippen molar-refractivity contribution >= 4 is 15.7 Å². The first kappa shape index (κ1) is 12.4. The van der Waals surface area contributed by atoms with Gasteiger partial charge in [-0.15, -0.1) is 0 Å². The number of sulfone groups is 1. The second-order valence-corrected chi connectivity index (χ2v) is 6.28. The molecule has 1 saturated heterocycles. The van der Waals surface area contributed by atoms with Crippen molar-refractivity contribution in [2.75, 3.05) is 19.3 Å². The minimum absolute atomic E-state index is 0.120. The van der Waals surface area contributed by atoms with E-state index in [2.05, 4.69) is 10.6 Å². The molecule has 15 heavy (non-hydrogen) atoms. The van der Waals surface area contributed by atoms with Crippen LogP contribution in [0.1, 0.15) is 19.8 Å². The summed E-state index contributed by atoms with van der Waals surface area (Å²) in [5.74, 6) is 0.165. The Bertz CT molecular complexity index is 326. The summed E-state index contributed by atoms with van der Waals surface area (Å²) in [5, 5.41) is 5.13. The Morgan fingerprint density at radius 3 is 2.67 bits per heavy atom. The van der Waals surface area contributed by atoms with Crippen LogP contribution in [0.4, 0.5) is 0 Å².